The standard InChI is InChI=1S/C20H17ClN2O4/c21-12-5-6-16-15(11-12)17(24)7-9-22(16)18(25)8-10-23-19(26)13-3-1-2-4-14(13)20(23)27/h1-6,11,17,24H,7-10H2. The highest BCUT2D eigenvalue weighted by Crippen LogP contribution is 2.36. The van der Waals surface area contributed by atoms with Crippen molar-refractivity contribution in [3.8, 4) is 0 Å². The van der Waals surface area contributed by atoms with Gasteiger partial charge in [-0.2, -0.15) is 0 Å². The van der Waals surface area contributed by atoms with Crippen molar-refractivity contribution in [1.29, 1.82) is 0 Å². The van der Waals surface area contributed by atoms with Crippen LogP contribution in [0.15, 0.2) is 42.5 Å². The van der Waals surface area contributed by atoms with Gasteiger partial charge in [0.15, 0.2) is 0 Å². The maximum atomic E-state index is 12.8. The minimum atomic E-state index is -0.668. The van der Waals surface area contributed by atoms with Crippen molar-refractivity contribution < 1.29 is 19.5 Å². The smallest absolute Gasteiger partial charge is 0.261 e. The van der Waals surface area contributed by atoms with Gasteiger partial charge < -0.3 is 10.0 Å². The molecule has 2 aromatic carbocycles. The monoisotopic (exact) mass is 384 g/mol. The van der Waals surface area contributed by atoms with Crippen LogP contribution in [-0.4, -0.2) is 40.8 Å². The van der Waals surface area contributed by atoms with Gasteiger partial charge in [-0.25, -0.2) is 0 Å². The molecule has 2 heterocycles. The molecular formula is C20H17ClN2O4. The van der Waals surface area contributed by atoms with E-state index in [0.29, 0.717) is 40.4 Å². The Balaban J connectivity index is 1.49. The zero-order chi connectivity index (χ0) is 19.1. The van der Waals surface area contributed by atoms with E-state index in [9.17, 15) is 19.5 Å². The normalized spacial score (nSPS) is 18.5. The van der Waals surface area contributed by atoms with Crippen LogP contribution < -0.4 is 4.90 Å². The molecule has 0 spiro atoms. The fourth-order valence-corrected chi connectivity index (χ4v) is 3.79. The van der Waals surface area contributed by atoms with Gasteiger partial charge in [-0.3, -0.25) is 19.3 Å². The summed E-state index contributed by atoms with van der Waals surface area (Å²) in [7, 11) is 0. The van der Waals surface area contributed by atoms with Gasteiger partial charge in [0.05, 0.1) is 17.2 Å². The highest BCUT2D eigenvalue weighted by molar-refractivity contribution is 6.30. The van der Waals surface area contributed by atoms with Crippen molar-refractivity contribution in [1.82, 2.24) is 4.90 Å². The molecule has 0 aromatic heterocycles. The Hall–Kier alpha value is -2.70. The first kappa shape index (κ1) is 17.7. The SMILES string of the molecule is O=C1c2ccccc2C(=O)N1CCC(=O)N1CCC(O)c2cc(Cl)ccc21. The predicted molar refractivity (Wildman–Crippen MR) is 99.8 cm³/mol. The second kappa shape index (κ2) is 6.79. The lowest BCUT2D eigenvalue weighted by Crippen LogP contribution is -2.39. The molecule has 2 aliphatic heterocycles. The quantitative estimate of drug-likeness (QED) is 0.825. The van der Waals surface area contributed by atoms with Crippen molar-refractivity contribution in [3.05, 3.63) is 64.2 Å². The Morgan fingerprint density at radius 3 is 2.44 bits per heavy atom. The van der Waals surface area contributed by atoms with Crippen LogP contribution in [0.4, 0.5) is 5.69 Å². The maximum absolute atomic E-state index is 12.8. The fourth-order valence-electron chi connectivity index (χ4n) is 3.61. The molecule has 4 rings (SSSR count). The summed E-state index contributed by atoms with van der Waals surface area (Å²) in [5.41, 5.74) is 1.97. The number of hydrogen-bond donors (Lipinski definition) is 1. The van der Waals surface area contributed by atoms with E-state index in [0.717, 1.165) is 4.90 Å². The topological polar surface area (TPSA) is 77.9 Å². The van der Waals surface area contributed by atoms with Crippen LogP contribution in [0, 0.1) is 0 Å². The van der Waals surface area contributed by atoms with Gasteiger partial charge in [-0.05, 0) is 36.8 Å². The van der Waals surface area contributed by atoms with E-state index >= 15 is 0 Å². The van der Waals surface area contributed by atoms with E-state index in [1.165, 1.54) is 0 Å². The minimum absolute atomic E-state index is 0.0175. The highest BCUT2D eigenvalue weighted by atomic mass is 35.5. The van der Waals surface area contributed by atoms with E-state index in [1.54, 1.807) is 47.4 Å². The molecule has 138 valence electrons. The molecule has 0 aliphatic carbocycles. The van der Waals surface area contributed by atoms with E-state index in [-0.39, 0.29) is 30.7 Å². The fraction of sp³-hybridized carbons (Fsp3) is 0.250. The average molecular weight is 385 g/mol. The van der Waals surface area contributed by atoms with Gasteiger partial charge in [0.2, 0.25) is 5.91 Å². The number of halogens is 1. The number of aliphatic hydroxyl groups excluding tert-OH is 1. The van der Waals surface area contributed by atoms with Gasteiger partial charge >= 0.3 is 0 Å². The van der Waals surface area contributed by atoms with Crippen molar-refractivity contribution in [3.63, 3.8) is 0 Å². The third-order valence-corrected chi connectivity index (χ3v) is 5.23. The zero-order valence-corrected chi connectivity index (χ0v) is 15.1. The number of nitrogens with zero attached hydrogens (tertiary/aromatic N) is 2. The number of rotatable bonds is 3. The Morgan fingerprint density at radius 1 is 1.11 bits per heavy atom. The summed E-state index contributed by atoms with van der Waals surface area (Å²) in [5, 5.41) is 10.7. The molecule has 7 heteroatoms. The largest absolute Gasteiger partial charge is 0.388 e. The van der Waals surface area contributed by atoms with Gasteiger partial charge in [0, 0.05) is 35.8 Å². The molecule has 1 N–H and O–H groups in total. The highest BCUT2D eigenvalue weighted by Gasteiger charge is 2.36. The van der Waals surface area contributed by atoms with Crippen LogP contribution in [0.2, 0.25) is 5.02 Å². The molecule has 3 amide bonds. The van der Waals surface area contributed by atoms with Crippen LogP contribution in [0.3, 0.4) is 0 Å². The Kier molecular flexibility index (Phi) is 4.45. The lowest BCUT2D eigenvalue weighted by Gasteiger charge is -2.32. The van der Waals surface area contributed by atoms with E-state index in [2.05, 4.69) is 0 Å². The summed E-state index contributed by atoms with van der Waals surface area (Å²) >= 11 is 6.00. The number of benzene rings is 2. The molecule has 0 fully saturated rings. The molecular weight excluding hydrogens is 368 g/mol. The third-order valence-electron chi connectivity index (χ3n) is 4.99. The van der Waals surface area contributed by atoms with Gasteiger partial charge in [-0.15, -0.1) is 0 Å². The lowest BCUT2D eigenvalue weighted by molar-refractivity contribution is -0.118. The Morgan fingerprint density at radius 2 is 1.78 bits per heavy atom. The molecule has 0 saturated heterocycles. The molecule has 27 heavy (non-hydrogen) atoms. The van der Waals surface area contributed by atoms with E-state index < -0.39 is 6.10 Å². The van der Waals surface area contributed by atoms with Crippen molar-refractivity contribution >= 4 is 35.0 Å². The first-order valence-electron chi connectivity index (χ1n) is 8.70. The van der Waals surface area contributed by atoms with Crippen LogP contribution in [0.25, 0.3) is 0 Å². The molecule has 0 radical (unpaired) electrons. The summed E-state index contributed by atoms with van der Waals surface area (Å²) in [6.45, 7) is 0.393. The van der Waals surface area contributed by atoms with Gasteiger partial charge in [0.1, 0.15) is 0 Å². The molecule has 0 saturated carbocycles. The minimum Gasteiger partial charge on any atom is -0.388 e. The summed E-state index contributed by atoms with van der Waals surface area (Å²) in [6, 6.07) is 11.7. The molecule has 2 aliphatic rings. The number of fused-ring (bicyclic) bond motifs is 2. The van der Waals surface area contributed by atoms with Crippen LogP contribution in [0.5, 0.6) is 0 Å². The summed E-state index contributed by atoms with van der Waals surface area (Å²) in [6.07, 6.45) is -0.241. The van der Waals surface area contributed by atoms with Gasteiger partial charge in [0.25, 0.3) is 11.8 Å². The van der Waals surface area contributed by atoms with Crippen LogP contribution >= 0.6 is 11.6 Å². The number of aliphatic hydroxyl groups is 1. The average Bonchev–Trinajstić information content (AvgIpc) is 2.91. The number of imide groups is 1. The number of anilines is 1. The Labute approximate surface area is 160 Å². The second-order valence-corrected chi connectivity index (χ2v) is 7.05. The van der Waals surface area contributed by atoms with Crippen molar-refractivity contribution in [2.24, 2.45) is 0 Å². The Bertz CT molecular complexity index is 924. The number of amides is 3. The van der Waals surface area contributed by atoms with Crippen LogP contribution in [-0.2, 0) is 4.79 Å². The number of carbonyl (C=O) groups is 3. The van der Waals surface area contributed by atoms with Crippen molar-refractivity contribution in [2.45, 2.75) is 18.9 Å². The van der Waals surface area contributed by atoms with E-state index in [1.807, 2.05) is 0 Å². The van der Waals surface area contributed by atoms with Crippen molar-refractivity contribution in [2.75, 3.05) is 18.0 Å². The first-order chi connectivity index (χ1) is 13.0. The number of carbonyl (C=O) groups excluding carboxylic acids is 3. The van der Waals surface area contributed by atoms with Gasteiger partial charge in [-0.1, -0.05) is 23.7 Å². The van der Waals surface area contributed by atoms with Crippen LogP contribution in [0.1, 0.15) is 45.2 Å². The lowest BCUT2D eigenvalue weighted by atomic mass is 9.98. The molecule has 1 atom stereocenters. The predicted octanol–water partition coefficient (Wildman–Crippen LogP) is 2.80. The van der Waals surface area contributed by atoms with E-state index in [4.69, 9.17) is 11.6 Å². The zero-order valence-electron chi connectivity index (χ0n) is 14.4. The summed E-state index contributed by atoms with van der Waals surface area (Å²) in [5.74, 6) is -0.948. The second-order valence-electron chi connectivity index (χ2n) is 6.61. The third kappa shape index (κ3) is 3.01. The summed E-state index contributed by atoms with van der Waals surface area (Å²) in [4.78, 5) is 40.3. The number of hydrogen-bond acceptors (Lipinski definition) is 4. The summed E-state index contributed by atoms with van der Waals surface area (Å²) < 4.78 is 0. The maximum Gasteiger partial charge on any atom is 0.261 e. The first-order valence-corrected chi connectivity index (χ1v) is 9.08. The molecule has 6 nitrogen and oxygen atoms in total. The molecule has 0 bridgehead atoms. The molecule has 1 unspecified atom stereocenters. The molecule has 2 aromatic rings.